The van der Waals surface area contributed by atoms with Gasteiger partial charge in [-0.25, -0.2) is 0 Å². The van der Waals surface area contributed by atoms with Crippen LogP contribution in [-0.4, -0.2) is 13.7 Å². The molecule has 0 aliphatic rings. The zero-order valence-corrected chi connectivity index (χ0v) is 9.19. The van der Waals surface area contributed by atoms with Crippen LogP contribution in [0.1, 0.15) is 19.3 Å². The van der Waals surface area contributed by atoms with Gasteiger partial charge < -0.3 is 4.74 Å². The van der Waals surface area contributed by atoms with E-state index in [4.69, 9.17) is 9.57 Å². The molecule has 0 bridgehead atoms. The predicted octanol–water partition coefficient (Wildman–Crippen LogP) is 1.77. The van der Waals surface area contributed by atoms with Crippen molar-refractivity contribution in [2.45, 2.75) is 19.3 Å². The average molecular weight is 208 g/mol. The normalized spacial score (nSPS) is 9.67. The van der Waals surface area contributed by atoms with Crippen molar-refractivity contribution < 1.29 is 14.3 Å². The van der Waals surface area contributed by atoms with E-state index in [2.05, 4.69) is 6.58 Å². The van der Waals surface area contributed by atoms with Crippen LogP contribution in [0, 0.1) is 0 Å². The third kappa shape index (κ3) is 4.49. The second kappa shape index (κ2) is 6.87. The van der Waals surface area contributed by atoms with Gasteiger partial charge in [-0.15, -0.1) is 6.58 Å². The summed E-state index contributed by atoms with van der Waals surface area (Å²) in [5.41, 5.74) is 0. The summed E-state index contributed by atoms with van der Waals surface area (Å²) in [7, 11) is 1.62. The molecule has 0 unspecified atom stereocenters. The Balaban J connectivity index is 2.22. The van der Waals surface area contributed by atoms with Gasteiger partial charge in [0, 0.05) is 16.9 Å². The fourth-order valence-corrected chi connectivity index (χ4v) is 1.20. The van der Waals surface area contributed by atoms with Crippen LogP contribution in [0.5, 0.6) is 5.75 Å². The molecule has 0 fully saturated rings. The molecule has 0 aliphatic carbocycles. The van der Waals surface area contributed by atoms with Crippen molar-refractivity contribution in [2.75, 3.05) is 13.7 Å². The van der Waals surface area contributed by atoms with Crippen LogP contribution in [-0.2, 0) is 0 Å². The number of pyridine rings is 1. The molecule has 0 radical (unpaired) electrons. The van der Waals surface area contributed by atoms with E-state index < -0.39 is 0 Å². The largest absolute Gasteiger partial charge is 0.493 e. The van der Waals surface area contributed by atoms with Gasteiger partial charge in [-0.1, -0.05) is 6.08 Å². The number of allylic oxidation sites excluding steroid dienone is 1. The molecule has 1 aromatic rings. The molecule has 1 heterocycles. The van der Waals surface area contributed by atoms with Crippen molar-refractivity contribution in [3.05, 3.63) is 37.2 Å². The minimum atomic E-state index is 0.755. The Labute approximate surface area is 90.9 Å². The SMILES string of the molecule is C=CCCCCOc1cc[n+](OC)cc1. The van der Waals surface area contributed by atoms with Crippen molar-refractivity contribution in [3.8, 4) is 5.75 Å². The molecule has 3 heteroatoms. The van der Waals surface area contributed by atoms with E-state index in [1.165, 1.54) is 0 Å². The first kappa shape index (κ1) is 11.6. The van der Waals surface area contributed by atoms with Crippen LogP contribution < -0.4 is 14.3 Å². The van der Waals surface area contributed by atoms with Crippen molar-refractivity contribution in [2.24, 2.45) is 0 Å². The minimum absolute atomic E-state index is 0.755. The summed E-state index contributed by atoms with van der Waals surface area (Å²) in [5.74, 6) is 0.877. The maximum absolute atomic E-state index is 5.55. The lowest BCUT2D eigenvalue weighted by Gasteiger charge is -2.03. The predicted molar refractivity (Wildman–Crippen MR) is 58.7 cm³/mol. The molecule has 0 N–H and O–H groups in total. The maximum Gasteiger partial charge on any atom is 0.226 e. The highest BCUT2D eigenvalue weighted by molar-refractivity contribution is 5.14. The molecule has 3 nitrogen and oxygen atoms in total. The number of nitrogens with zero attached hydrogens (tertiary/aromatic N) is 1. The van der Waals surface area contributed by atoms with Crippen LogP contribution in [0.3, 0.4) is 0 Å². The zero-order valence-electron chi connectivity index (χ0n) is 9.19. The van der Waals surface area contributed by atoms with Crippen molar-refractivity contribution in [3.63, 3.8) is 0 Å². The smallest absolute Gasteiger partial charge is 0.226 e. The van der Waals surface area contributed by atoms with Crippen LogP contribution in [0.15, 0.2) is 37.2 Å². The number of unbranched alkanes of at least 4 members (excludes halogenated alkanes) is 2. The van der Waals surface area contributed by atoms with E-state index in [9.17, 15) is 0 Å². The highest BCUT2D eigenvalue weighted by Crippen LogP contribution is 2.07. The first-order chi connectivity index (χ1) is 7.36. The molecule has 0 saturated heterocycles. The fourth-order valence-electron chi connectivity index (χ4n) is 1.20. The van der Waals surface area contributed by atoms with Crippen molar-refractivity contribution in [1.82, 2.24) is 0 Å². The first-order valence-electron chi connectivity index (χ1n) is 5.16. The van der Waals surface area contributed by atoms with Gasteiger partial charge in [0.2, 0.25) is 12.4 Å². The third-order valence-electron chi connectivity index (χ3n) is 2.05. The summed E-state index contributed by atoms with van der Waals surface area (Å²) in [6, 6.07) is 3.77. The lowest BCUT2D eigenvalue weighted by atomic mass is 10.2. The van der Waals surface area contributed by atoms with Gasteiger partial charge in [0.05, 0.1) is 6.61 Å². The quantitative estimate of drug-likeness (QED) is 0.387. The van der Waals surface area contributed by atoms with E-state index in [0.29, 0.717) is 0 Å². The van der Waals surface area contributed by atoms with E-state index >= 15 is 0 Å². The van der Waals surface area contributed by atoms with Crippen molar-refractivity contribution >= 4 is 0 Å². The molecule has 0 spiro atoms. The number of rotatable bonds is 7. The second-order valence-corrected chi connectivity index (χ2v) is 3.21. The van der Waals surface area contributed by atoms with Crippen LogP contribution >= 0.6 is 0 Å². The third-order valence-corrected chi connectivity index (χ3v) is 2.05. The van der Waals surface area contributed by atoms with Gasteiger partial charge in [0.15, 0.2) is 0 Å². The summed E-state index contributed by atoms with van der Waals surface area (Å²) in [6.45, 7) is 4.43. The van der Waals surface area contributed by atoms with Gasteiger partial charge in [-0.3, -0.25) is 4.84 Å². The molecule has 0 aromatic carbocycles. The summed E-state index contributed by atoms with van der Waals surface area (Å²) >= 11 is 0. The topological polar surface area (TPSA) is 22.3 Å². The zero-order chi connectivity index (χ0) is 10.9. The minimum Gasteiger partial charge on any atom is -0.493 e. The van der Waals surface area contributed by atoms with Gasteiger partial charge in [-0.2, -0.15) is 0 Å². The molecular formula is C12H18NO2+. The Morgan fingerprint density at radius 2 is 2.07 bits per heavy atom. The van der Waals surface area contributed by atoms with Crippen LogP contribution in [0.4, 0.5) is 0 Å². The highest BCUT2D eigenvalue weighted by Gasteiger charge is 1.99. The molecule has 0 atom stereocenters. The Kier molecular flexibility index (Phi) is 5.30. The van der Waals surface area contributed by atoms with E-state index in [0.717, 1.165) is 31.6 Å². The summed E-state index contributed by atoms with van der Waals surface area (Å²) in [6.07, 6.45) is 8.82. The second-order valence-electron chi connectivity index (χ2n) is 3.21. The molecule has 0 amide bonds. The van der Waals surface area contributed by atoms with Crippen molar-refractivity contribution in [1.29, 1.82) is 0 Å². The number of hydrogen-bond acceptors (Lipinski definition) is 2. The van der Waals surface area contributed by atoms with E-state index in [1.54, 1.807) is 11.8 Å². The van der Waals surface area contributed by atoms with Crippen LogP contribution in [0.25, 0.3) is 0 Å². The fraction of sp³-hybridized carbons (Fsp3) is 0.417. The van der Waals surface area contributed by atoms with Gasteiger partial charge in [0.1, 0.15) is 12.9 Å². The standard InChI is InChI=1S/C12H18NO2/c1-3-4-5-6-11-15-12-7-9-13(14-2)10-8-12/h3,7-10H,1,4-6,11H2,2H3/q+1. The average Bonchev–Trinajstić information content (AvgIpc) is 2.30. The van der Waals surface area contributed by atoms with E-state index in [-0.39, 0.29) is 0 Å². The number of ether oxygens (including phenoxy) is 1. The van der Waals surface area contributed by atoms with Gasteiger partial charge >= 0.3 is 0 Å². The molecule has 0 saturated carbocycles. The Hall–Kier alpha value is -1.51. The number of aromatic nitrogens is 1. The molecule has 82 valence electrons. The number of hydrogen-bond donors (Lipinski definition) is 0. The Morgan fingerprint density at radius 1 is 1.33 bits per heavy atom. The molecular weight excluding hydrogens is 190 g/mol. The maximum atomic E-state index is 5.55. The first-order valence-corrected chi connectivity index (χ1v) is 5.16. The lowest BCUT2D eigenvalue weighted by molar-refractivity contribution is -0.885. The molecule has 15 heavy (non-hydrogen) atoms. The molecule has 0 aliphatic heterocycles. The molecule has 1 aromatic heterocycles. The Bertz CT molecular complexity index is 282. The Morgan fingerprint density at radius 3 is 2.67 bits per heavy atom. The van der Waals surface area contributed by atoms with E-state index in [1.807, 2.05) is 30.6 Å². The summed E-state index contributed by atoms with van der Waals surface area (Å²) in [5, 5.41) is 0. The lowest BCUT2D eigenvalue weighted by Crippen LogP contribution is -2.39. The van der Waals surface area contributed by atoms with Gasteiger partial charge in [-0.05, 0) is 19.3 Å². The van der Waals surface area contributed by atoms with Crippen LogP contribution in [0.2, 0.25) is 0 Å². The monoisotopic (exact) mass is 208 g/mol. The highest BCUT2D eigenvalue weighted by atomic mass is 16.6. The summed E-state index contributed by atoms with van der Waals surface area (Å²) in [4.78, 5) is 4.98. The van der Waals surface area contributed by atoms with Gasteiger partial charge in [0.25, 0.3) is 0 Å². The summed E-state index contributed by atoms with van der Waals surface area (Å²) < 4.78 is 7.16. The molecule has 1 rings (SSSR count).